The van der Waals surface area contributed by atoms with Crippen molar-refractivity contribution in [1.82, 2.24) is 10.3 Å². The maximum atomic E-state index is 13.2. The number of likely N-dealkylation sites (N-methyl/N-ethyl adjacent to an activating group) is 1. The molecular weight excluding hydrogens is 266 g/mol. The topological polar surface area (TPSA) is 24.9 Å². The molecule has 0 bridgehead atoms. The lowest BCUT2D eigenvalue weighted by atomic mass is 10.0. The maximum absolute atomic E-state index is 13.2. The Labute approximate surface area is 115 Å². The van der Waals surface area contributed by atoms with Gasteiger partial charge in [0.1, 0.15) is 11.6 Å². The fourth-order valence-corrected chi connectivity index (χ4v) is 2.88. The second-order valence-corrected chi connectivity index (χ2v) is 5.64. The average Bonchev–Trinajstić information content (AvgIpc) is 2.74. The molecule has 0 aliphatic heterocycles. The summed E-state index contributed by atoms with van der Waals surface area (Å²) in [6.45, 7) is 4.74. The number of hydrogen-bond acceptors (Lipinski definition) is 3. The fourth-order valence-electron chi connectivity index (χ4n) is 2.02. The smallest absolute Gasteiger partial charge is 0.126 e. The first kappa shape index (κ1) is 14.1. The second kappa shape index (κ2) is 6.21. The lowest BCUT2D eigenvalue weighted by molar-refractivity contribution is 0.544. The van der Waals surface area contributed by atoms with E-state index in [9.17, 15) is 8.78 Å². The molecule has 1 aromatic heterocycles. The van der Waals surface area contributed by atoms with E-state index >= 15 is 0 Å². The number of hydrogen-bond donors (Lipinski definition) is 1. The van der Waals surface area contributed by atoms with E-state index in [1.165, 1.54) is 12.1 Å². The highest BCUT2D eigenvalue weighted by molar-refractivity contribution is 7.11. The van der Waals surface area contributed by atoms with Crippen LogP contribution in [0.3, 0.4) is 0 Å². The van der Waals surface area contributed by atoms with Crippen LogP contribution in [0.5, 0.6) is 0 Å². The van der Waals surface area contributed by atoms with Gasteiger partial charge in [-0.3, -0.25) is 0 Å². The summed E-state index contributed by atoms with van der Waals surface area (Å²) < 4.78 is 26.4. The summed E-state index contributed by atoms with van der Waals surface area (Å²) in [5, 5.41) is 4.31. The minimum Gasteiger partial charge on any atom is -0.309 e. The zero-order chi connectivity index (χ0) is 13.8. The van der Waals surface area contributed by atoms with Crippen molar-refractivity contribution in [3.63, 3.8) is 0 Å². The number of aryl methyl sites for hydroxylation is 1. The van der Waals surface area contributed by atoms with E-state index in [2.05, 4.69) is 10.3 Å². The van der Waals surface area contributed by atoms with Crippen LogP contribution >= 0.6 is 11.3 Å². The molecular formula is C14H16F2N2S. The zero-order valence-electron chi connectivity index (χ0n) is 10.9. The van der Waals surface area contributed by atoms with Crippen molar-refractivity contribution >= 4 is 11.3 Å². The Morgan fingerprint density at radius 3 is 2.47 bits per heavy atom. The van der Waals surface area contributed by atoms with Crippen LogP contribution in [0.4, 0.5) is 8.78 Å². The van der Waals surface area contributed by atoms with Crippen molar-refractivity contribution in [1.29, 1.82) is 0 Å². The first-order valence-corrected chi connectivity index (χ1v) is 7.01. The molecule has 0 spiro atoms. The molecule has 19 heavy (non-hydrogen) atoms. The lowest BCUT2D eigenvalue weighted by Gasteiger charge is -2.16. The Morgan fingerprint density at radius 1 is 1.26 bits per heavy atom. The summed E-state index contributed by atoms with van der Waals surface area (Å²) in [5.74, 6) is -1.07. The third-order valence-corrected chi connectivity index (χ3v) is 3.82. The molecule has 0 aliphatic carbocycles. The standard InChI is InChI=1S/C14H16F2N2S/c1-3-17-13(14-8-18-9(2)19-14)6-10-4-11(15)7-12(16)5-10/h4-5,7-8,13,17H,3,6H2,1-2H3. The molecule has 2 aromatic rings. The third kappa shape index (κ3) is 3.81. The molecule has 0 saturated heterocycles. The van der Waals surface area contributed by atoms with Crippen LogP contribution < -0.4 is 5.32 Å². The largest absolute Gasteiger partial charge is 0.309 e. The van der Waals surface area contributed by atoms with Gasteiger partial charge in [-0.05, 0) is 37.6 Å². The van der Waals surface area contributed by atoms with Crippen LogP contribution in [0.2, 0.25) is 0 Å². The summed E-state index contributed by atoms with van der Waals surface area (Å²) >= 11 is 1.60. The molecule has 0 amide bonds. The number of nitrogens with one attached hydrogen (secondary N) is 1. The highest BCUT2D eigenvalue weighted by Crippen LogP contribution is 2.24. The Balaban J connectivity index is 2.20. The van der Waals surface area contributed by atoms with E-state index in [4.69, 9.17) is 0 Å². The second-order valence-electron chi connectivity index (χ2n) is 4.37. The third-order valence-electron chi connectivity index (χ3n) is 2.80. The van der Waals surface area contributed by atoms with Gasteiger partial charge in [0.2, 0.25) is 0 Å². The highest BCUT2D eigenvalue weighted by atomic mass is 32.1. The molecule has 0 fully saturated rings. The molecule has 0 aliphatic rings. The van der Waals surface area contributed by atoms with E-state index in [1.807, 2.05) is 20.0 Å². The van der Waals surface area contributed by atoms with Crippen molar-refractivity contribution in [2.24, 2.45) is 0 Å². The maximum Gasteiger partial charge on any atom is 0.126 e. The van der Waals surface area contributed by atoms with Gasteiger partial charge in [-0.1, -0.05) is 6.92 Å². The van der Waals surface area contributed by atoms with Crippen LogP contribution in [-0.2, 0) is 6.42 Å². The van der Waals surface area contributed by atoms with E-state index in [-0.39, 0.29) is 6.04 Å². The van der Waals surface area contributed by atoms with Crippen LogP contribution in [-0.4, -0.2) is 11.5 Å². The lowest BCUT2D eigenvalue weighted by Crippen LogP contribution is -2.22. The van der Waals surface area contributed by atoms with Gasteiger partial charge in [0.05, 0.1) is 5.01 Å². The average molecular weight is 282 g/mol. The zero-order valence-corrected chi connectivity index (χ0v) is 11.7. The molecule has 5 heteroatoms. The number of benzene rings is 1. The van der Waals surface area contributed by atoms with Crippen LogP contribution in [0, 0.1) is 18.6 Å². The summed E-state index contributed by atoms with van der Waals surface area (Å²) in [6.07, 6.45) is 2.37. The van der Waals surface area contributed by atoms with E-state index < -0.39 is 11.6 Å². The van der Waals surface area contributed by atoms with Crippen molar-refractivity contribution in [3.05, 3.63) is 51.5 Å². The molecule has 1 atom stereocenters. The monoisotopic (exact) mass is 282 g/mol. The minimum absolute atomic E-state index is 0.0393. The number of nitrogens with zero attached hydrogens (tertiary/aromatic N) is 1. The van der Waals surface area contributed by atoms with Crippen molar-refractivity contribution in [2.45, 2.75) is 26.3 Å². The first-order chi connectivity index (χ1) is 9.08. The van der Waals surface area contributed by atoms with E-state index in [1.54, 1.807) is 11.3 Å². The van der Waals surface area contributed by atoms with Crippen LogP contribution in [0.15, 0.2) is 24.4 Å². The van der Waals surface area contributed by atoms with Crippen molar-refractivity contribution < 1.29 is 8.78 Å². The summed E-state index contributed by atoms with van der Waals surface area (Å²) in [6, 6.07) is 3.68. The summed E-state index contributed by atoms with van der Waals surface area (Å²) in [7, 11) is 0. The molecule has 0 radical (unpaired) electrons. The molecule has 2 rings (SSSR count). The number of thiazole rings is 1. The fraction of sp³-hybridized carbons (Fsp3) is 0.357. The van der Waals surface area contributed by atoms with Gasteiger partial charge in [-0.15, -0.1) is 11.3 Å². The molecule has 1 N–H and O–H groups in total. The minimum atomic E-state index is -0.536. The van der Waals surface area contributed by atoms with Crippen molar-refractivity contribution in [2.75, 3.05) is 6.54 Å². The summed E-state index contributed by atoms with van der Waals surface area (Å²) in [4.78, 5) is 5.31. The Kier molecular flexibility index (Phi) is 4.61. The molecule has 2 nitrogen and oxygen atoms in total. The quantitative estimate of drug-likeness (QED) is 0.906. The number of aromatic nitrogens is 1. The predicted octanol–water partition coefficient (Wildman–Crippen LogP) is 3.62. The Hall–Kier alpha value is -1.33. The van der Waals surface area contributed by atoms with E-state index in [0.29, 0.717) is 12.0 Å². The van der Waals surface area contributed by atoms with Gasteiger partial charge in [0, 0.05) is 23.2 Å². The highest BCUT2D eigenvalue weighted by Gasteiger charge is 2.14. The van der Waals surface area contributed by atoms with E-state index in [0.717, 1.165) is 22.5 Å². The van der Waals surface area contributed by atoms with Crippen molar-refractivity contribution in [3.8, 4) is 0 Å². The normalized spacial score (nSPS) is 12.6. The molecule has 1 aromatic carbocycles. The Morgan fingerprint density at radius 2 is 1.95 bits per heavy atom. The van der Waals surface area contributed by atoms with Gasteiger partial charge in [0.15, 0.2) is 0 Å². The predicted molar refractivity (Wildman–Crippen MR) is 73.3 cm³/mol. The summed E-state index contributed by atoms with van der Waals surface area (Å²) in [5.41, 5.74) is 0.648. The SMILES string of the molecule is CCNC(Cc1cc(F)cc(F)c1)c1cnc(C)s1. The number of rotatable bonds is 5. The van der Waals surface area contributed by atoms with Gasteiger partial charge < -0.3 is 5.32 Å². The van der Waals surface area contributed by atoms with Crippen LogP contribution in [0.1, 0.15) is 28.4 Å². The molecule has 102 valence electrons. The number of halogens is 2. The van der Waals surface area contributed by atoms with Gasteiger partial charge in [-0.25, -0.2) is 13.8 Å². The Bertz CT molecular complexity index is 534. The van der Waals surface area contributed by atoms with Gasteiger partial charge in [-0.2, -0.15) is 0 Å². The van der Waals surface area contributed by atoms with Gasteiger partial charge >= 0.3 is 0 Å². The van der Waals surface area contributed by atoms with Crippen LogP contribution in [0.25, 0.3) is 0 Å². The molecule has 1 heterocycles. The van der Waals surface area contributed by atoms with Gasteiger partial charge in [0.25, 0.3) is 0 Å². The molecule has 1 unspecified atom stereocenters. The molecule has 0 saturated carbocycles. The first-order valence-electron chi connectivity index (χ1n) is 6.19.